The zero-order valence-electron chi connectivity index (χ0n) is 22.7. The van der Waals surface area contributed by atoms with Gasteiger partial charge in [0, 0.05) is 0 Å². The van der Waals surface area contributed by atoms with Gasteiger partial charge in [-0.1, -0.05) is 109 Å². The molecule has 0 spiro atoms. The highest BCUT2D eigenvalue weighted by Gasteiger charge is 2.66. The van der Waals surface area contributed by atoms with Crippen molar-refractivity contribution in [3.63, 3.8) is 0 Å². The van der Waals surface area contributed by atoms with Crippen molar-refractivity contribution in [1.29, 1.82) is 0 Å². The first-order valence-electron chi connectivity index (χ1n) is 13.5. The summed E-state index contributed by atoms with van der Waals surface area (Å²) in [5.74, 6) is -3.53. The summed E-state index contributed by atoms with van der Waals surface area (Å²) in [7, 11) is -4.25. The second-order valence-electron chi connectivity index (χ2n) is 9.87. The molecule has 4 aromatic carbocycles. The Hall–Kier alpha value is -4.07. The molecule has 0 amide bonds. The number of carboxylic acid groups (broad SMARTS) is 1. The first-order chi connectivity index (χ1) is 20.5. The van der Waals surface area contributed by atoms with Crippen molar-refractivity contribution >= 4 is 19.3 Å². The number of carbonyl (C=O) groups is 2. The predicted octanol–water partition coefficient (Wildman–Crippen LogP) is 6.30. The first-order valence-corrected chi connectivity index (χ1v) is 15.3. The SMILES string of the molecule is O=C(OC1C(OCc2ccccc2)C(OCc2ccccc2)P(=O)(OCc2ccccc2)C1C(=O)O)c1ccccc1. The third-order valence-electron chi connectivity index (χ3n) is 6.99. The van der Waals surface area contributed by atoms with E-state index in [2.05, 4.69) is 0 Å². The summed E-state index contributed by atoms with van der Waals surface area (Å²) >= 11 is 0. The van der Waals surface area contributed by atoms with Crippen molar-refractivity contribution in [2.75, 3.05) is 0 Å². The zero-order valence-corrected chi connectivity index (χ0v) is 23.6. The fourth-order valence-electron chi connectivity index (χ4n) is 4.90. The Labute approximate surface area is 244 Å². The highest BCUT2D eigenvalue weighted by molar-refractivity contribution is 7.61. The minimum Gasteiger partial charge on any atom is -0.481 e. The Balaban J connectivity index is 1.53. The number of carboxylic acids is 1. The number of hydrogen-bond acceptors (Lipinski definition) is 7. The molecular weight excluding hydrogens is 555 g/mol. The van der Waals surface area contributed by atoms with Crippen LogP contribution in [0.15, 0.2) is 121 Å². The van der Waals surface area contributed by atoms with Gasteiger partial charge in [0.25, 0.3) is 7.37 Å². The van der Waals surface area contributed by atoms with Gasteiger partial charge in [-0.3, -0.25) is 9.36 Å². The Bertz CT molecular complexity index is 1500. The second kappa shape index (κ2) is 13.7. The second-order valence-corrected chi connectivity index (χ2v) is 12.5. The number of carbonyl (C=O) groups excluding carboxylic acids is 1. The van der Waals surface area contributed by atoms with Gasteiger partial charge in [0.1, 0.15) is 6.10 Å². The molecule has 1 aliphatic rings. The van der Waals surface area contributed by atoms with Gasteiger partial charge in [0.05, 0.1) is 25.4 Å². The van der Waals surface area contributed by atoms with Crippen LogP contribution in [0.2, 0.25) is 0 Å². The van der Waals surface area contributed by atoms with Crippen LogP contribution in [-0.2, 0) is 47.9 Å². The molecule has 1 fully saturated rings. The van der Waals surface area contributed by atoms with Crippen LogP contribution in [0.25, 0.3) is 0 Å². The molecule has 1 aliphatic heterocycles. The smallest absolute Gasteiger partial charge is 0.338 e. The molecule has 216 valence electrons. The van der Waals surface area contributed by atoms with E-state index in [0.717, 1.165) is 11.1 Å². The number of benzene rings is 4. The summed E-state index contributed by atoms with van der Waals surface area (Å²) in [5.41, 5.74) is 0.773. The largest absolute Gasteiger partial charge is 0.481 e. The normalized spacial score (nSPS) is 23.3. The summed E-state index contributed by atoms with van der Waals surface area (Å²) in [6, 6.07) is 35.7. The van der Waals surface area contributed by atoms with Crippen molar-refractivity contribution < 1.29 is 38.0 Å². The lowest BCUT2D eigenvalue weighted by Crippen LogP contribution is -2.42. The van der Waals surface area contributed by atoms with Crippen LogP contribution in [0, 0.1) is 0 Å². The van der Waals surface area contributed by atoms with Gasteiger partial charge in [-0.15, -0.1) is 0 Å². The molecule has 4 aromatic rings. The maximum atomic E-state index is 14.9. The van der Waals surface area contributed by atoms with Gasteiger partial charge in [0.15, 0.2) is 17.6 Å². The number of aliphatic carboxylic acids is 1. The lowest BCUT2D eigenvalue weighted by Gasteiger charge is -2.26. The van der Waals surface area contributed by atoms with E-state index in [9.17, 15) is 19.3 Å². The molecule has 5 rings (SSSR count). The molecule has 9 heteroatoms. The molecule has 0 bridgehead atoms. The highest BCUT2D eigenvalue weighted by Crippen LogP contribution is 2.66. The lowest BCUT2D eigenvalue weighted by atomic mass is 10.1. The predicted molar refractivity (Wildman–Crippen MR) is 156 cm³/mol. The van der Waals surface area contributed by atoms with Gasteiger partial charge in [-0.25, -0.2) is 4.79 Å². The fourth-order valence-corrected chi connectivity index (χ4v) is 7.77. The van der Waals surface area contributed by atoms with Crippen molar-refractivity contribution in [2.24, 2.45) is 0 Å². The molecule has 0 saturated carbocycles. The molecule has 5 atom stereocenters. The quantitative estimate of drug-likeness (QED) is 0.152. The van der Waals surface area contributed by atoms with Crippen LogP contribution in [-0.4, -0.2) is 40.8 Å². The lowest BCUT2D eigenvalue weighted by molar-refractivity contribution is -0.142. The van der Waals surface area contributed by atoms with Crippen LogP contribution in [0.4, 0.5) is 0 Å². The number of ether oxygens (including phenoxy) is 3. The minimum atomic E-state index is -4.25. The third kappa shape index (κ3) is 6.86. The van der Waals surface area contributed by atoms with E-state index in [1.54, 1.807) is 54.6 Å². The fraction of sp³-hybridized carbons (Fsp3) is 0.212. The third-order valence-corrected chi connectivity index (χ3v) is 9.96. The topological polar surface area (TPSA) is 108 Å². The Kier molecular flexibility index (Phi) is 9.62. The van der Waals surface area contributed by atoms with Gasteiger partial charge in [-0.2, -0.15) is 0 Å². The van der Waals surface area contributed by atoms with E-state index in [1.165, 1.54) is 0 Å². The summed E-state index contributed by atoms with van der Waals surface area (Å²) < 4.78 is 39.2. The van der Waals surface area contributed by atoms with Crippen LogP contribution in [0.5, 0.6) is 0 Å². The van der Waals surface area contributed by atoms with Crippen LogP contribution in [0.3, 0.4) is 0 Å². The summed E-state index contributed by atoms with van der Waals surface area (Å²) in [5, 5.41) is 10.5. The van der Waals surface area contributed by atoms with Crippen molar-refractivity contribution in [2.45, 2.75) is 43.5 Å². The van der Waals surface area contributed by atoms with E-state index in [4.69, 9.17) is 18.7 Å². The van der Waals surface area contributed by atoms with Gasteiger partial charge in [-0.05, 0) is 28.8 Å². The number of hydrogen-bond donors (Lipinski definition) is 1. The van der Waals surface area contributed by atoms with Crippen LogP contribution >= 0.6 is 7.37 Å². The van der Waals surface area contributed by atoms with E-state index < -0.39 is 43.0 Å². The van der Waals surface area contributed by atoms with Crippen LogP contribution < -0.4 is 0 Å². The minimum absolute atomic E-state index is 0.0150. The Morgan fingerprint density at radius 2 is 1.07 bits per heavy atom. The molecule has 5 unspecified atom stereocenters. The molecule has 8 nitrogen and oxygen atoms in total. The van der Waals surface area contributed by atoms with E-state index >= 15 is 0 Å². The molecule has 0 aromatic heterocycles. The van der Waals surface area contributed by atoms with E-state index in [1.807, 2.05) is 66.7 Å². The summed E-state index contributed by atoms with van der Waals surface area (Å²) in [6.07, 6.45) is -2.66. The summed E-state index contributed by atoms with van der Waals surface area (Å²) in [6.45, 7) is -0.0694. The standard InChI is InChI=1S/C33H31O8P/c34-31(35)30-28(41-32(36)27-19-11-4-12-20-27)29(38-21-24-13-5-1-6-14-24)33(39-22-25-15-7-2-8-16-25)42(30,37)40-23-26-17-9-3-10-18-26/h1-20,28-30,33H,21-23H2,(H,34,35). The first kappa shape index (κ1) is 29.4. The maximum absolute atomic E-state index is 14.9. The molecule has 1 heterocycles. The molecular formula is C33H31O8P. The van der Waals surface area contributed by atoms with Crippen LogP contribution in [0.1, 0.15) is 27.0 Å². The average Bonchev–Trinajstić information content (AvgIpc) is 3.26. The van der Waals surface area contributed by atoms with E-state index in [0.29, 0.717) is 5.56 Å². The van der Waals surface area contributed by atoms with Crippen molar-refractivity contribution in [3.05, 3.63) is 144 Å². The van der Waals surface area contributed by atoms with Gasteiger partial charge < -0.3 is 23.8 Å². The van der Waals surface area contributed by atoms with Gasteiger partial charge in [0.2, 0.25) is 0 Å². The zero-order chi connectivity index (χ0) is 29.4. The number of rotatable bonds is 12. The molecule has 42 heavy (non-hydrogen) atoms. The monoisotopic (exact) mass is 586 g/mol. The Morgan fingerprint density at radius 3 is 1.57 bits per heavy atom. The Morgan fingerprint density at radius 1 is 0.619 bits per heavy atom. The maximum Gasteiger partial charge on any atom is 0.338 e. The van der Waals surface area contributed by atoms with Crippen molar-refractivity contribution in [1.82, 2.24) is 0 Å². The molecule has 0 radical (unpaired) electrons. The van der Waals surface area contributed by atoms with Crippen molar-refractivity contribution in [3.8, 4) is 0 Å². The number of esters is 1. The average molecular weight is 587 g/mol. The molecule has 0 aliphatic carbocycles. The van der Waals surface area contributed by atoms with E-state index in [-0.39, 0.29) is 25.4 Å². The molecule has 1 saturated heterocycles. The highest BCUT2D eigenvalue weighted by atomic mass is 31.2. The van der Waals surface area contributed by atoms with Gasteiger partial charge >= 0.3 is 11.9 Å². The summed E-state index contributed by atoms with van der Waals surface area (Å²) in [4.78, 5) is 26.1. The molecule has 1 N–H and O–H groups in total.